The zero-order valence-corrected chi connectivity index (χ0v) is 12.7. The van der Waals surface area contributed by atoms with Crippen LogP contribution in [0, 0.1) is 10.1 Å². The Morgan fingerprint density at radius 2 is 2.10 bits per heavy atom. The average molecular weight is 295 g/mol. The van der Waals surface area contributed by atoms with Crippen LogP contribution in [0.15, 0.2) is 18.2 Å². The van der Waals surface area contributed by atoms with Crippen LogP contribution in [0.5, 0.6) is 0 Å². The molecule has 0 aliphatic carbocycles. The first-order valence-corrected chi connectivity index (χ1v) is 6.67. The van der Waals surface area contributed by atoms with E-state index in [-0.39, 0.29) is 22.8 Å². The molecular weight excluding hydrogens is 274 g/mol. The summed E-state index contributed by atoms with van der Waals surface area (Å²) < 4.78 is 5.23. The summed E-state index contributed by atoms with van der Waals surface area (Å²) >= 11 is 0. The molecule has 0 atom stereocenters. The maximum Gasteiger partial charge on any atom is 0.293 e. The van der Waals surface area contributed by atoms with Gasteiger partial charge in [0.15, 0.2) is 0 Å². The van der Waals surface area contributed by atoms with Crippen molar-refractivity contribution in [1.29, 1.82) is 0 Å². The Hall–Kier alpha value is -2.15. The Labute approximate surface area is 123 Å². The van der Waals surface area contributed by atoms with Crippen molar-refractivity contribution in [2.24, 2.45) is 0 Å². The van der Waals surface area contributed by atoms with Crippen LogP contribution in [0.3, 0.4) is 0 Å². The van der Waals surface area contributed by atoms with E-state index >= 15 is 0 Å². The molecule has 0 saturated heterocycles. The molecule has 0 heterocycles. The molecule has 0 unspecified atom stereocenters. The average Bonchev–Trinajstić information content (AvgIpc) is 2.45. The smallest absolute Gasteiger partial charge is 0.293 e. The topological polar surface area (TPSA) is 93.5 Å². The SMILES string of the molecule is CCNc1c(C(=O)NCC(C)(C)OC)cccc1[N+](=O)[O-]. The van der Waals surface area contributed by atoms with Crippen LogP contribution in [0.1, 0.15) is 31.1 Å². The first kappa shape index (κ1) is 16.9. The predicted molar refractivity (Wildman–Crippen MR) is 80.7 cm³/mol. The standard InChI is InChI=1S/C14H21N3O4/c1-5-15-12-10(7-6-8-11(12)17(19)20)13(18)16-9-14(2,3)21-4/h6-8,15H,5,9H2,1-4H3,(H,16,18). The molecule has 7 heteroatoms. The fraction of sp³-hybridized carbons (Fsp3) is 0.500. The molecule has 0 aliphatic rings. The lowest BCUT2D eigenvalue weighted by Crippen LogP contribution is -2.39. The van der Waals surface area contributed by atoms with Crippen LogP contribution in [-0.2, 0) is 4.74 Å². The van der Waals surface area contributed by atoms with E-state index in [1.807, 2.05) is 20.8 Å². The fourth-order valence-corrected chi connectivity index (χ4v) is 1.70. The Kier molecular flexibility index (Phi) is 5.66. The number of amides is 1. The number of hydrogen-bond donors (Lipinski definition) is 2. The minimum absolute atomic E-state index is 0.115. The maximum atomic E-state index is 12.2. The van der Waals surface area contributed by atoms with Crippen molar-refractivity contribution >= 4 is 17.3 Å². The van der Waals surface area contributed by atoms with E-state index in [4.69, 9.17) is 4.74 Å². The first-order valence-electron chi connectivity index (χ1n) is 6.67. The molecule has 0 aromatic heterocycles. The van der Waals surface area contributed by atoms with Gasteiger partial charge in [-0.2, -0.15) is 0 Å². The number of hydrogen-bond acceptors (Lipinski definition) is 5. The number of nitrogens with one attached hydrogen (secondary N) is 2. The molecule has 21 heavy (non-hydrogen) atoms. The van der Waals surface area contributed by atoms with Crippen molar-refractivity contribution in [2.75, 3.05) is 25.5 Å². The highest BCUT2D eigenvalue weighted by molar-refractivity contribution is 6.01. The molecule has 116 valence electrons. The van der Waals surface area contributed by atoms with Crippen LogP contribution in [0.4, 0.5) is 11.4 Å². The minimum atomic E-state index is -0.506. The molecule has 0 saturated carbocycles. The Balaban J connectivity index is 3.03. The highest BCUT2D eigenvalue weighted by Crippen LogP contribution is 2.28. The van der Waals surface area contributed by atoms with Crippen LogP contribution >= 0.6 is 0 Å². The first-order chi connectivity index (χ1) is 9.82. The second kappa shape index (κ2) is 7.03. The van der Waals surface area contributed by atoms with Gasteiger partial charge in [-0.25, -0.2) is 0 Å². The van der Waals surface area contributed by atoms with Crippen molar-refractivity contribution in [1.82, 2.24) is 5.32 Å². The third kappa shape index (κ3) is 4.42. The van der Waals surface area contributed by atoms with Crippen molar-refractivity contribution in [3.8, 4) is 0 Å². The highest BCUT2D eigenvalue weighted by Gasteiger charge is 2.23. The number of nitro groups is 1. The van der Waals surface area contributed by atoms with E-state index < -0.39 is 10.5 Å². The fourth-order valence-electron chi connectivity index (χ4n) is 1.70. The van der Waals surface area contributed by atoms with E-state index in [1.54, 1.807) is 13.2 Å². The number of anilines is 1. The summed E-state index contributed by atoms with van der Waals surface area (Å²) in [7, 11) is 1.56. The lowest BCUT2D eigenvalue weighted by Gasteiger charge is -2.23. The second-order valence-corrected chi connectivity index (χ2v) is 5.13. The summed E-state index contributed by atoms with van der Waals surface area (Å²) in [4.78, 5) is 22.8. The van der Waals surface area contributed by atoms with Crippen molar-refractivity contribution < 1.29 is 14.5 Å². The van der Waals surface area contributed by atoms with Gasteiger partial charge in [-0.3, -0.25) is 14.9 Å². The van der Waals surface area contributed by atoms with Gasteiger partial charge in [0.25, 0.3) is 11.6 Å². The van der Waals surface area contributed by atoms with Gasteiger partial charge in [-0.15, -0.1) is 0 Å². The van der Waals surface area contributed by atoms with Gasteiger partial charge in [0, 0.05) is 26.3 Å². The molecule has 1 aromatic rings. The Bertz CT molecular complexity index is 529. The maximum absolute atomic E-state index is 12.2. The third-order valence-electron chi connectivity index (χ3n) is 3.06. The van der Waals surface area contributed by atoms with Gasteiger partial charge in [0.05, 0.1) is 16.1 Å². The summed E-state index contributed by atoms with van der Waals surface area (Å²) in [5.41, 5.74) is -0.138. The van der Waals surface area contributed by atoms with Crippen molar-refractivity contribution in [3.05, 3.63) is 33.9 Å². The van der Waals surface area contributed by atoms with Crippen molar-refractivity contribution in [3.63, 3.8) is 0 Å². The number of nitrogens with zero attached hydrogens (tertiary/aromatic N) is 1. The summed E-state index contributed by atoms with van der Waals surface area (Å²) in [5.74, 6) is -0.375. The van der Waals surface area contributed by atoms with E-state index in [9.17, 15) is 14.9 Å². The number of para-hydroxylation sites is 1. The monoisotopic (exact) mass is 295 g/mol. The van der Waals surface area contributed by atoms with Gasteiger partial charge >= 0.3 is 0 Å². The predicted octanol–water partition coefficient (Wildman–Crippen LogP) is 2.18. The number of rotatable bonds is 7. The van der Waals surface area contributed by atoms with Crippen LogP contribution in [-0.4, -0.2) is 36.6 Å². The minimum Gasteiger partial charge on any atom is -0.379 e. The van der Waals surface area contributed by atoms with E-state index in [0.717, 1.165) is 0 Å². The van der Waals surface area contributed by atoms with Gasteiger partial charge in [0.2, 0.25) is 0 Å². The number of benzene rings is 1. The summed E-state index contributed by atoms with van der Waals surface area (Å²) in [6.45, 7) is 6.27. The zero-order valence-electron chi connectivity index (χ0n) is 12.7. The number of carbonyl (C=O) groups excluding carboxylic acids is 1. The molecule has 0 aliphatic heterocycles. The molecule has 0 fully saturated rings. The van der Waals surface area contributed by atoms with Crippen molar-refractivity contribution in [2.45, 2.75) is 26.4 Å². The summed E-state index contributed by atoms with van der Waals surface area (Å²) in [6.07, 6.45) is 0. The van der Waals surface area contributed by atoms with E-state index in [1.165, 1.54) is 12.1 Å². The third-order valence-corrected chi connectivity index (χ3v) is 3.06. The number of carbonyl (C=O) groups is 1. The second-order valence-electron chi connectivity index (χ2n) is 5.13. The molecule has 7 nitrogen and oxygen atoms in total. The quantitative estimate of drug-likeness (QED) is 0.594. The van der Waals surface area contributed by atoms with E-state index in [0.29, 0.717) is 13.1 Å². The summed E-state index contributed by atoms with van der Waals surface area (Å²) in [6, 6.07) is 4.42. The zero-order chi connectivity index (χ0) is 16.0. The van der Waals surface area contributed by atoms with Crippen LogP contribution < -0.4 is 10.6 Å². The number of methoxy groups -OCH3 is 1. The largest absolute Gasteiger partial charge is 0.379 e. The molecule has 1 amide bonds. The lowest BCUT2D eigenvalue weighted by atomic mass is 10.1. The molecule has 1 aromatic carbocycles. The molecular formula is C14H21N3O4. The lowest BCUT2D eigenvalue weighted by molar-refractivity contribution is -0.384. The highest BCUT2D eigenvalue weighted by atomic mass is 16.6. The van der Waals surface area contributed by atoms with Crippen LogP contribution in [0.25, 0.3) is 0 Å². The molecule has 2 N–H and O–H groups in total. The van der Waals surface area contributed by atoms with Gasteiger partial charge in [0.1, 0.15) is 5.69 Å². The molecule has 0 spiro atoms. The normalized spacial score (nSPS) is 11.0. The van der Waals surface area contributed by atoms with Crippen LogP contribution in [0.2, 0.25) is 0 Å². The number of ether oxygens (including phenoxy) is 1. The van der Waals surface area contributed by atoms with Gasteiger partial charge in [-0.05, 0) is 26.8 Å². The molecule has 0 bridgehead atoms. The Morgan fingerprint density at radius 1 is 1.43 bits per heavy atom. The molecule has 1 rings (SSSR count). The summed E-state index contributed by atoms with van der Waals surface area (Å²) in [5, 5.41) is 16.7. The van der Waals surface area contributed by atoms with Gasteiger partial charge in [-0.1, -0.05) is 6.07 Å². The Morgan fingerprint density at radius 3 is 2.62 bits per heavy atom. The van der Waals surface area contributed by atoms with Gasteiger partial charge < -0.3 is 15.4 Å². The molecule has 0 radical (unpaired) electrons. The number of nitro benzene ring substituents is 1. The van der Waals surface area contributed by atoms with E-state index in [2.05, 4.69) is 10.6 Å².